The fraction of sp³-hybridized carbons (Fsp3) is 0.853. The van der Waals surface area contributed by atoms with Gasteiger partial charge in [0.1, 0.15) is 12.2 Å². The van der Waals surface area contributed by atoms with Crippen LogP contribution in [0.25, 0.3) is 0 Å². The van der Waals surface area contributed by atoms with Crippen LogP contribution in [-0.4, -0.2) is 55.0 Å². The zero-order valence-electron chi connectivity index (χ0n) is 27.0. The van der Waals surface area contributed by atoms with Crippen molar-refractivity contribution in [3.8, 4) is 0 Å². The third-order valence-electron chi connectivity index (χ3n) is 13.8. The van der Waals surface area contributed by atoms with Gasteiger partial charge in [-0.2, -0.15) is 0 Å². The van der Waals surface area contributed by atoms with Gasteiger partial charge in [0, 0.05) is 17.8 Å². The molecular formula is C34H53NO7. The van der Waals surface area contributed by atoms with E-state index in [0.29, 0.717) is 32.0 Å². The van der Waals surface area contributed by atoms with Crippen LogP contribution < -0.4 is 5.73 Å². The number of hydrogen-bond donors (Lipinski definition) is 2. The predicted molar refractivity (Wildman–Crippen MR) is 158 cm³/mol. The van der Waals surface area contributed by atoms with Crippen LogP contribution in [0.2, 0.25) is 0 Å². The van der Waals surface area contributed by atoms with Crippen molar-refractivity contribution in [2.75, 3.05) is 19.8 Å². The number of rotatable bonds is 6. The van der Waals surface area contributed by atoms with Gasteiger partial charge in [-0.3, -0.25) is 14.4 Å². The lowest BCUT2D eigenvalue weighted by Crippen LogP contribution is -2.70. The Balaban J connectivity index is 1.61. The topological polar surface area (TPSA) is 125 Å². The Morgan fingerprint density at radius 1 is 1.05 bits per heavy atom. The molecule has 2 bridgehead atoms. The van der Waals surface area contributed by atoms with Crippen molar-refractivity contribution in [2.24, 2.45) is 62.4 Å². The maximum absolute atomic E-state index is 13.3. The quantitative estimate of drug-likeness (QED) is 0.314. The second-order valence-corrected chi connectivity index (χ2v) is 15.8. The Labute approximate surface area is 251 Å². The number of hydrogen-bond acceptors (Lipinski definition) is 7. The highest BCUT2D eigenvalue weighted by molar-refractivity contribution is 5.73. The van der Waals surface area contributed by atoms with Gasteiger partial charge in [0.05, 0.1) is 25.7 Å². The predicted octanol–water partition coefficient (Wildman–Crippen LogP) is 5.38. The highest BCUT2D eigenvalue weighted by Gasteiger charge is 2.72. The van der Waals surface area contributed by atoms with Gasteiger partial charge in [-0.25, -0.2) is 0 Å². The van der Waals surface area contributed by atoms with Gasteiger partial charge >= 0.3 is 17.9 Å². The van der Waals surface area contributed by atoms with Gasteiger partial charge in [0.25, 0.3) is 0 Å². The molecule has 0 aromatic carbocycles. The van der Waals surface area contributed by atoms with E-state index in [1.54, 1.807) is 0 Å². The van der Waals surface area contributed by atoms with E-state index in [1.165, 1.54) is 12.5 Å². The lowest BCUT2D eigenvalue weighted by Gasteiger charge is -2.71. The monoisotopic (exact) mass is 587 g/mol. The summed E-state index contributed by atoms with van der Waals surface area (Å²) in [4.78, 5) is 38.1. The van der Waals surface area contributed by atoms with Gasteiger partial charge in [0.2, 0.25) is 0 Å². The first-order chi connectivity index (χ1) is 19.5. The van der Waals surface area contributed by atoms with E-state index in [9.17, 15) is 19.5 Å². The second-order valence-electron chi connectivity index (χ2n) is 15.8. The molecule has 1 saturated heterocycles. The molecule has 1 heterocycles. The minimum Gasteiger partial charge on any atom is -0.481 e. The van der Waals surface area contributed by atoms with Crippen LogP contribution in [0.5, 0.6) is 0 Å². The zero-order valence-corrected chi connectivity index (χ0v) is 27.0. The fourth-order valence-electron chi connectivity index (χ4n) is 11.3. The smallest absolute Gasteiger partial charge is 0.320 e. The Morgan fingerprint density at radius 2 is 1.74 bits per heavy atom. The molecule has 8 heteroatoms. The van der Waals surface area contributed by atoms with Crippen molar-refractivity contribution in [2.45, 2.75) is 106 Å². The molecule has 0 radical (unpaired) electrons. The number of carboxylic acid groups (broad SMARTS) is 1. The number of nitrogens with two attached hydrogens (primary N) is 1. The molecule has 8 nitrogen and oxygen atoms in total. The highest BCUT2D eigenvalue weighted by Crippen LogP contribution is 2.75. The summed E-state index contributed by atoms with van der Waals surface area (Å²) >= 11 is 0. The Hall–Kier alpha value is -1.93. The number of ether oxygens (including phenoxy) is 3. The maximum Gasteiger partial charge on any atom is 0.320 e. The number of carbonyl (C=O) groups is 3. The number of aliphatic carboxylic acids is 1. The third-order valence-corrected chi connectivity index (χ3v) is 13.8. The van der Waals surface area contributed by atoms with Crippen LogP contribution in [0.1, 0.15) is 93.9 Å². The summed E-state index contributed by atoms with van der Waals surface area (Å²) in [5, 5.41) is 10.9. The molecule has 11 atom stereocenters. The summed E-state index contributed by atoms with van der Waals surface area (Å²) < 4.78 is 18.3. The second kappa shape index (κ2) is 10.3. The van der Waals surface area contributed by atoms with Crippen molar-refractivity contribution >= 4 is 17.9 Å². The van der Waals surface area contributed by atoms with Gasteiger partial charge in [-0.15, -0.1) is 0 Å². The van der Waals surface area contributed by atoms with E-state index in [1.807, 2.05) is 0 Å². The van der Waals surface area contributed by atoms with Crippen molar-refractivity contribution in [3.63, 3.8) is 0 Å². The SMILES string of the molecule is CC(=O)O[C@@H]1C[C@@]23COC[C@@](C)([C@@H]2CC[C@H]2C3=CC[C@@]3(C)[C@H](C(=O)O)[C@@](C)(C(C)C(C)C)CC[C@]23C)[C@H]1OC(=O)CN. The first kappa shape index (κ1) is 31.5. The third kappa shape index (κ3) is 4.17. The van der Waals surface area contributed by atoms with E-state index >= 15 is 0 Å². The molecule has 5 rings (SSSR count). The highest BCUT2D eigenvalue weighted by atomic mass is 16.6. The minimum absolute atomic E-state index is 0.182. The molecule has 5 aliphatic rings. The van der Waals surface area contributed by atoms with E-state index in [2.05, 4.69) is 54.5 Å². The average molecular weight is 588 g/mol. The first-order valence-electron chi connectivity index (χ1n) is 16.1. The van der Waals surface area contributed by atoms with Crippen LogP contribution in [0.15, 0.2) is 11.6 Å². The summed E-state index contributed by atoms with van der Waals surface area (Å²) in [6.45, 7) is 17.7. The maximum atomic E-state index is 13.3. The molecule has 4 fully saturated rings. The molecule has 0 aromatic heterocycles. The summed E-state index contributed by atoms with van der Waals surface area (Å²) in [7, 11) is 0. The Morgan fingerprint density at radius 3 is 2.33 bits per heavy atom. The first-order valence-corrected chi connectivity index (χ1v) is 16.1. The molecule has 1 unspecified atom stereocenters. The van der Waals surface area contributed by atoms with E-state index in [0.717, 1.165) is 25.7 Å². The zero-order chi connectivity index (χ0) is 31.0. The summed E-state index contributed by atoms with van der Waals surface area (Å²) in [5.41, 5.74) is 5.17. The van der Waals surface area contributed by atoms with Gasteiger partial charge in [-0.1, -0.05) is 60.1 Å². The normalized spacial score (nSPS) is 46.8. The van der Waals surface area contributed by atoms with Crippen molar-refractivity contribution < 1.29 is 33.7 Å². The van der Waals surface area contributed by atoms with E-state index < -0.39 is 46.9 Å². The molecule has 236 valence electrons. The van der Waals surface area contributed by atoms with Crippen molar-refractivity contribution in [1.82, 2.24) is 0 Å². The largest absolute Gasteiger partial charge is 0.481 e. The molecule has 1 aliphatic heterocycles. The number of esters is 2. The molecule has 0 spiro atoms. The minimum atomic E-state index is -0.673. The lowest BCUT2D eigenvalue weighted by molar-refractivity contribution is -0.262. The molecule has 42 heavy (non-hydrogen) atoms. The fourth-order valence-corrected chi connectivity index (χ4v) is 11.3. The number of fused-ring (bicyclic) bond motifs is 3. The lowest BCUT2D eigenvalue weighted by atomic mass is 9.34. The van der Waals surface area contributed by atoms with E-state index in [-0.39, 0.29) is 40.5 Å². The van der Waals surface area contributed by atoms with Crippen LogP contribution in [0.4, 0.5) is 0 Å². The molecule has 4 aliphatic carbocycles. The Bertz CT molecular complexity index is 1170. The Kier molecular flexibility index (Phi) is 7.74. The average Bonchev–Trinajstić information content (AvgIpc) is 2.90. The summed E-state index contributed by atoms with van der Waals surface area (Å²) in [5.74, 6) is -0.968. The van der Waals surface area contributed by atoms with Gasteiger partial charge < -0.3 is 25.1 Å². The molecule has 3 saturated carbocycles. The molecule has 0 amide bonds. The number of carboxylic acids is 1. The van der Waals surface area contributed by atoms with Crippen molar-refractivity contribution in [3.05, 3.63) is 11.6 Å². The molecule has 0 aromatic rings. The summed E-state index contributed by atoms with van der Waals surface area (Å²) in [6.07, 6.45) is 6.10. The standard InChI is InChI=1S/C34H53NO7/c1-19(2)20(3)30(5)13-14-32(7)22-9-10-25-31(6)17-40-18-34(25,23(22)11-12-33(32,8)27(30)29(38)39)15-24(41-21(4)36)28(31)42-26(37)16-35/h11,19-20,22,24-25,27-28H,9-10,12-18,35H2,1-8H3,(H,38,39)/t20?,22-,24+,25-,27+,28-,30+,31-,32+,33-,34-/m0/s1. The van der Waals surface area contributed by atoms with Gasteiger partial charge in [-0.05, 0) is 78.4 Å². The van der Waals surface area contributed by atoms with Crippen LogP contribution in [0.3, 0.4) is 0 Å². The van der Waals surface area contributed by atoms with Crippen LogP contribution in [-0.2, 0) is 28.6 Å². The van der Waals surface area contributed by atoms with Crippen LogP contribution >= 0.6 is 0 Å². The molecule has 3 N–H and O–H groups in total. The summed E-state index contributed by atoms with van der Waals surface area (Å²) in [6, 6.07) is 0. The number of carbonyl (C=O) groups excluding carboxylic acids is 2. The van der Waals surface area contributed by atoms with Gasteiger partial charge in [0.15, 0.2) is 0 Å². The molecular weight excluding hydrogens is 534 g/mol. The van der Waals surface area contributed by atoms with E-state index in [4.69, 9.17) is 19.9 Å². The van der Waals surface area contributed by atoms with Crippen LogP contribution in [0, 0.1) is 56.7 Å². The number of allylic oxidation sites excluding steroid dienone is 1. The van der Waals surface area contributed by atoms with Crippen molar-refractivity contribution in [1.29, 1.82) is 0 Å².